The molecule has 148 valence electrons. The Morgan fingerprint density at radius 1 is 1.11 bits per heavy atom. The van der Waals surface area contributed by atoms with E-state index >= 15 is 0 Å². The van der Waals surface area contributed by atoms with Gasteiger partial charge in [0, 0.05) is 17.1 Å². The topological polar surface area (TPSA) is 83.6 Å². The van der Waals surface area contributed by atoms with Crippen LogP contribution in [0.4, 0.5) is 5.69 Å². The Balaban J connectivity index is 1.64. The van der Waals surface area contributed by atoms with Crippen LogP contribution in [0.1, 0.15) is 29.8 Å². The highest BCUT2D eigenvalue weighted by Crippen LogP contribution is 2.35. The van der Waals surface area contributed by atoms with Crippen LogP contribution in [0, 0.1) is 5.41 Å². The molecule has 1 aliphatic heterocycles. The van der Waals surface area contributed by atoms with Crippen molar-refractivity contribution < 1.29 is 18.0 Å². The van der Waals surface area contributed by atoms with Crippen molar-refractivity contribution in [2.75, 3.05) is 16.6 Å². The van der Waals surface area contributed by atoms with Crippen molar-refractivity contribution in [3.63, 3.8) is 0 Å². The van der Waals surface area contributed by atoms with Crippen molar-refractivity contribution in [1.82, 2.24) is 5.32 Å². The number of nitrogens with zero attached hydrogens (tertiary/aromatic N) is 1. The number of rotatable bonds is 5. The molecule has 0 saturated carbocycles. The van der Waals surface area contributed by atoms with Gasteiger partial charge in [-0.05, 0) is 62.2 Å². The molecule has 2 amide bonds. The number of hydrogen-bond donors (Lipinski definition) is 1. The van der Waals surface area contributed by atoms with Crippen LogP contribution in [0.2, 0.25) is 5.02 Å². The van der Waals surface area contributed by atoms with E-state index in [1.54, 1.807) is 26.0 Å². The number of hydrogen-bond acceptors (Lipinski definition) is 4. The zero-order chi connectivity index (χ0) is 20.5. The predicted octanol–water partition coefficient (Wildman–Crippen LogP) is 3.02. The molecule has 1 aliphatic rings. The van der Waals surface area contributed by atoms with Crippen molar-refractivity contribution in [1.29, 1.82) is 0 Å². The van der Waals surface area contributed by atoms with Gasteiger partial charge in [0.1, 0.15) is 0 Å². The van der Waals surface area contributed by atoms with Gasteiger partial charge in [-0.1, -0.05) is 23.7 Å². The lowest BCUT2D eigenvalue weighted by Gasteiger charge is -2.17. The van der Waals surface area contributed by atoms with Crippen LogP contribution in [0.15, 0.2) is 48.5 Å². The molecule has 6 nitrogen and oxygen atoms in total. The summed E-state index contributed by atoms with van der Waals surface area (Å²) in [6.45, 7) is 3.67. The van der Waals surface area contributed by atoms with Gasteiger partial charge in [0.25, 0.3) is 5.91 Å². The molecule has 28 heavy (non-hydrogen) atoms. The molecular formula is C20H21ClN2O4S. The van der Waals surface area contributed by atoms with E-state index in [-0.39, 0.29) is 17.3 Å². The predicted molar refractivity (Wildman–Crippen MR) is 109 cm³/mol. The van der Waals surface area contributed by atoms with Gasteiger partial charge in [0.2, 0.25) is 15.9 Å². The highest BCUT2D eigenvalue weighted by atomic mass is 35.5. The highest BCUT2D eigenvalue weighted by molar-refractivity contribution is 7.94. The number of anilines is 1. The number of sulfonamides is 1. The molecule has 0 aliphatic carbocycles. The summed E-state index contributed by atoms with van der Waals surface area (Å²) in [5.74, 6) is -0.963. The number of carbonyl (C=O) groups is 2. The Morgan fingerprint density at radius 2 is 1.71 bits per heavy atom. The van der Waals surface area contributed by atoms with E-state index in [4.69, 9.17) is 11.6 Å². The third-order valence-corrected chi connectivity index (χ3v) is 6.83. The van der Waals surface area contributed by atoms with E-state index in [1.165, 1.54) is 24.3 Å². The molecule has 3 rings (SSSR count). The molecule has 0 bridgehead atoms. The van der Waals surface area contributed by atoms with E-state index in [9.17, 15) is 18.0 Å². The Bertz CT molecular complexity index is 1000. The summed E-state index contributed by atoms with van der Waals surface area (Å²) in [6, 6.07) is 13.4. The summed E-state index contributed by atoms with van der Waals surface area (Å²) in [5, 5.41) is 3.48. The fourth-order valence-electron chi connectivity index (χ4n) is 3.08. The van der Waals surface area contributed by atoms with Gasteiger partial charge in [-0.25, -0.2) is 12.7 Å². The van der Waals surface area contributed by atoms with Crippen LogP contribution in [-0.2, 0) is 21.2 Å². The van der Waals surface area contributed by atoms with Gasteiger partial charge in [0.15, 0.2) is 0 Å². The van der Waals surface area contributed by atoms with Crippen LogP contribution in [-0.4, -0.2) is 32.5 Å². The molecular weight excluding hydrogens is 400 g/mol. The molecule has 2 aromatic carbocycles. The first-order valence-corrected chi connectivity index (χ1v) is 10.8. The highest BCUT2D eigenvalue weighted by Gasteiger charge is 2.49. The molecule has 2 aromatic rings. The Labute approximate surface area is 169 Å². The minimum absolute atomic E-state index is 0.230. The summed E-state index contributed by atoms with van der Waals surface area (Å²) in [7, 11) is -3.70. The number of nitrogens with one attached hydrogen (secondary N) is 1. The van der Waals surface area contributed by atoms with Crippen LogP contribution < -0.4 is 9.62 Å². The van der Waals surface area contributed by atoms with E-state index < -0.39 is 21.3 Å². The molecule has 1 saturated heterocycles. The van der Waals surface area contributed by atoms with Gasteiger partial charge in [0.05, 0.1) is 16.9 Å². The summed E-state index contributed by atoms with van der Waals surface area (Å²) in [6.07, 6.45) is 0.663. The van der Waals surface area contributed by atoms with Gasteiger partial charge in [-0.3, -0.25) is 9.59 Å². The lowest BCUT2D eigenvalue weighted by atomic mass is 9.95. The maximum Gasteiger partial charge on any atom is 0.251 e. The molecule has 0 aromatic heterocycles. The first-order chi connectivity index (χ1) is 13.1. The van der Waals surface area contributed by atoms with E-state index in [0.717, 1.165) is 9.87 Å². The van der Waals surface area contributed by atoms with E-state index in [2.05, 4.69) is 5.32 Å². The fourth-order valence-corrected chi connectivity index (χ4v) is 5.32. The average Bonchev–Trinajstić information content (AvgIpc) is 2.79. The lowest BCUT2D eigenvalue weighted by molar-refractivity contribution is -0.123. The van der Waals surface area contributed by atoms with Crippen LogP contribution in [0.5, 0.6) is 0 Å². The quantitative estimate of drug-likeness (QED) is 0.805. The first-order valence-electron chi connectivity index (χ1n) is 8.80. The first kappa shape index (κ1) is 20.4. The molecule has 8 heteroatoms. The maximum absolute atomic E-state index is 12.4. The second-order valence-corrected chi connectivity index (χ2v) is 9.64. The Kier molecular flexibility index (Phi) is 5.50. The number of amides is 2. The molecule has 0 radical (unpaired) electrons. The van der Waals surface area contributed by atoms with Crippen molar-refractivity contribution in [2.45, 2.75) is 20.3 Å². The van der Waals surface area contributed by atoms with Crippen LogP contribution in [0.3, 0.4) is 0 Å². The molecule has 0 spiro atoms. The molecule has 1 heterocycles. The summed E-state index contributed by atoms with van der Waals surface area (Å²) < 4.78 is 25.5. The minimum Gasteiger partial charge on any atom is -0.352 e. The zero-order valence-corrected chi connectivity index (χ0v) is 17.2. The van der Waals surface area contributed by atoms with Gasteiger partial charge in [-0.2, -0.15) is 0 Å². The second kappa shape index (κ2) is 7.56. The molecule has 0 atom stereocenters. The maximum atomic E-state index is 12.4. The minimum atomic E-state index is -3.70. The largest absolute Gasteiger partial charge is 0.352 e. The average molecular weight is 421 g/mol. The molecule has 0 unspecified atom stereocenters. The number of carbonyl (C=O) groups excluding carboxylic acids is 2. The van der Waals surface area contributed by atoms with Crippen LogP contribution >= 0.6 is 11.6 Å². The SMILES string of the molecule is CC1(C)CS(=O)(=O)N(c2ccc(C(=O)NCCc3ccc(Cl)cc3)cc2)C1=O. The van der Waals surface area contributed by atoms with Crippen molar-refractivity contribution in [3.8, 4) is 0 Å². The van der Waals surface area contributed by atoms with Gasteiger partial charge >= 0.3 is 0 Å². The number of benzene rings is 2. The summed E-state index contributed by atoms with van der Waals surface area (Å²) in [4.78, 5) is 24.7. The van der Waals surface area contributed by atoms with E-state index in [0.29, 0.717) is 23.6 Å². The summed E-state index contributed by atoms with van der Waals surface area (Å²) in [5.41, 5.74) is 0.730. The normalized spacial score (nSPS) is 17.5. The lowest BCUT2D eigenvalue weighted by Crippen LogP contribution is -2.33. The Hall–Kier alpha value is -2.38. The molecule has 1 N–H and O–H groups in total. The third-order valence-electron chi connectivity index (χ3n) is 4.56. The second-order valence-electron chi connectivity index (χ2n) is 7.39. The van der Waals surface area contributed by atoms with E-state index in [1.807, 2.05) is 12.1 Å². The fraction of sp³-hybridized carbons (Fsp3) is 0.300. The number of halogens is 1. The monoisotopic (exact) mass is 420 g/mol. The standard InChI is InChI=1S/C20H21ClN2O4S/c1-20(2)13-28(26,27)23(19(20)25)17-9-5-15(6-10-17)18(24)22-12-11-14-3-7-16(21)8-4-14/h3-10H,11-13H2,1-2H3,(H,22,24). The smallest absolute Gasteiger partial charge is 0.251 e. The van der Waals surface area contributed by atoms with Crippen molar-refractivity contribution in [2.24, 2.45) is 5.41 Å². The molecule has 1 fully saturated rings. The summed E-state index contributed by atoms with van der Waals surface area (Å²) >= 11 is 5.85. The van der Waals surface area contributed by atoms with Gasteiger partial charge < -0.3 is 5.32 Å². The van der Waals surface area contributed by atoms with Crippen molar-refractivity contribution >= 4 is 39.1 Å². The third kappa shape index (κ3) is 4.20. The Morgan fingerprint density at radius 3 is 2.25 bits per heavy atom. The zero-order valence-electron chi connectivity index (χ0n) is 15.6. The van der Waals surface area contributed by atoms with Crippen LogP contribution in [0.25, 0.3) is 0 Å². The van der Waals surface area contributed by atoms with Crippen molar-refractivity contribution in [3.05, 3.63) is 64.7 Å². The van der Waals surface area contributed by atoms with Gasteiger partial charge in [-0.15, -0.1) is 0 Å².